The number of nitrogens with one attached hydrogen (secondary N) is 1. The average Bonchev–Trinajstić information content (AvgIpc) is 2.80. The van der Waals surface area contributed by atoms with Gasteiger partial charge in [0.2, 0.25) is 5.75 Å². The minimum atomic E-state index is -1.03. The van der Waals surface area contributed by atoms with Crippen LogP contribution in [0.2, 0.25) is 0 Å². The number of aromatic nitrogens is 1. The van der Waals surface area contributed by atoms with Crippen LogP contribution in [0, 0.1) is 24.0 Å². The fourth-order valence-corrected chi connectivity index (χ4v) is 2.99. The van der Waals surface area contributed by atoms with Crippen LogP contribution in [0.4, 0.5) is 14.5 Å². The highest BCUT2D eigenvalue weighted by molar-refractivity contribution is 5.99. The molecule has 0 amide bonds. The first-order valence-electron chi connectivity index (χ1n) is 9.76. The van der Waals surface area contributed by atoms with Crippen LogP contribution < -0.4 is 29.6 Å². The number of anilines is 1. The number of hydrogen-bond acceptors (Lipinski definition) is 7. The van der Waals surface area contributed by atoms with E-state index >= 15 is 0 Å². The van der Waals surface area contributed by atoms with Crippen molar-refractivity contribution in [3.8, 4) is 34.8 Å². The van der Waals surface area contributed by atoms with Gasteiger partial charge in [-0.3, -0.25) is 5.41 Å². The van der Waals surface area contributed by atoms with E-state index in [4.69, 9.17) is 30.1 Å². The van der Waals surface area contributed by atoms with Crippen molar-refractivity contribution in [2.24, 2.45) is 5.73 Å². The third-order valence-corrected chi connectivity index (χ3v) is 4.77. The molecule has 0 aliphatic heterocycles. The summed E-state index contributed by atoms with van der Waals surface area (Å²) in [7, 11) is 6.41. The molecular formula is C23H24F2N4O4. The van der Waals surface area contributed by atoms with Crippen molar-refractivity contribution in [1.29, 1.82) is 5.41 Å². The van der Waals surface area contributed by atoms with Crippen molar-refractivity contribution in [1.82, 2.24) is 4.98 Å². The van der Waals surface area contributed by atoms with Gasteiger partial charge in [-0.15, -0.1) is 0 Å². The van der Waals surface area contributed by atoms with Crippen LogP contribution in [0.25, 0.3) is 0 Å². The number of hydrogen-bond donors (Lipinski definition) is 2. The Bertz CT molecular complexity index is 1200. The quantitative estimate of drug-likeness (QED) is 0.375. The lowest BCUT2D eigenvalue weighted by atomic mass is 10.1. The van der Waals surface area contributed by atoms with Gasteiger partial charge in [0.05, 0.1) is 19.8 Å². The van der Waals surface area contributed by atoms with E-state index in [0.29, 0.717) is 5.75 Å². The Kier molecular flexibility index (Phi) is 6.86. The van der Waals surface area contributed by atoms with Crippen LogP contribution in [0.15, 0.2) is 36.4 Å². The van der Waals surface area contributed by atoms with Gasteiger partial charge in [0.1, 0.15) is 11.6 Å². The number of benzene rings is 2. The SMILES string of the molecule is COc1ccc(C(=N)N)c(OC)c1Oc1nc(Oc2cccc(N(C)C)c2)c(F)c(C)c1F. The second kappa shape index (κ2) is 9.60. The van der Waals surface area contributed by atoms with Crippen molar-refractivity contribution >= 4 is 11.5 Å². The van der Waals surface area contributed by atoms with Crippen molar-refractivity contribution in [3.63, 3.8) is 0 Å². The number of nitrogens with two attached hydrogens (primary N) is 1. The lowest BCUT2D eigenvalue weighted by Gasteiger charge is -2.18. The molecule has 8 nitrogen and oxygen atoms in total. The fourth-order valence-electron chi connectivity index (χ4n) is 2.99. The van der Waals surface area contributed by atoms with Gasteiger partial charge in [0.25, 0.3) is 11.8 Å². The minimum absolute atomic E-state index is 0.0335. The number of halogens is 2. The van der Waals surface area contributed by atoms with Crippen LogP contribution in [-0.4, -0.2) is 39.1 Å². The summed E-state index contributed by atoms with van der Waals surface area (Å²) in [5.74, 6) is -2.90. The summed E-state index contributed by atoms with van der Waals surface area (Å²) in [6.45, 7) is 1.24. The summed E-state index contributed by atoms with van der Waals surface area (Å²) in [6.07, 6.45) is 0. The molecule has 3 aromatic rings. The monoisotopic (exact) mass is 458 g/mol. The first-order chi connectivity index (χ1) is 15.7. The highest BCUT2D eigenvalue weighted by Gasteiger charge is 2.25. The van der Waals surface area contributed by atoms with E-state index in [1.165, 1.54) is 33.3 Å². The smallest absolute Gasteiger partial charge is 0.259 e. The maximum Gasteiger partial charge on any atom is 0.259 e. The Morgan fingerprint density at radius 3 is 2.21 bits per heavy atom. The average molecular weight is 458 g/mol. The van der Waals surface area contributed by atoms with Crippen molar-refractivity contribution in [2.45, 2.75) is 6.92 Å². The molecule has 3 N–H and O–H groups in total. The highest BCUT2D eigenvalue weighted by atomic mass is 19.1. The van der Waals surface area contributed by atoms with Gasteiger partial charge in [0.15, 0.2) is 23.1 Å². The van der Waals surface area contributed by atoms with Crippen LogP contribution in [0.3, 0.4) is 0 Å². The van der Waals surface area contributed by atoms with Crippen molar-refractivity contribution in [2.75, 3.05) is 33.2 Å². The van der Waals surface area contributed by atoms with Crippen LogP contribution in [0.1, 0.15) is 11.1 Å². The molecule has 0 saturated heterocycles. The Hall–Kier alpha value is -4.08. The molecule has 10 heteroatoms. The molecule has 0 fully saturated rings. The van der Waals surface area contributed by atoms with Gasteiger partial charge in [-0.1, -0.05) is 6.07 Å². The molecule has 2 aromatic carbocycles. The second-order valence-corrected chi connectivity index (χ2v) is 7.16. The molecule has 0 unspecified atom stereocenters. The third kappa shape index (κ3) is 4.74. The standard InChI is InChI=1S/C23H24F2N4O4/c1-12-17(24)22(32-14-8-6-7-13(11-14)29(2)3)28-23(18(12)25)33-20-16(30-4)10-9-15(21(26)27)19(20)31-5/h6-11H,1-5H3,(H3,26,27). The minimum Gasteiger partial charge on any atom is -0.493 e. The maximum absolute atomic E-state index is 14.9. The second-order valence-electron chi connectivity index (χ2n) is 7.16. The van der Waals surface area contributed by atoms with Crippen LogP contribution in [-0.2, 0) is 0 Å². The number of pyridine rings is 1. The normalized spacial score (nSPS) is 10.5. The van der Waals surface area contributed by atoms with Gasteiger partial charge in [-0.2, -0.15) is 4.98 Å². The molecule has 1 aromatic heterocycles. The third-order valence-electron chi connectivity index (χ3n) is 4.77. The maximum atomic E-state index is 14.9. The summed E-state index contributed by atoms with van der Waals surface area (Å²) >= 11 is 0. The van der Waals surface area contributed by atoms with E-state index < -0.39 is 23.4 Å². The molecule has 0 aliphatic carbocycles. The van der Waals surface area contributed by atoms with Crippen molar-refractivity contribution in [3.05, 3.63) is 59.2 Å². The van der Waals surface area contributed by atoms with E-state index in [1.54, 1.807) is 18.2 Å². The summed E-state index contributed by atoms with van der Waals surface area (Å²) in [5, 5.41) is 7.73. The van der Waals surface area contributed by atoms with Gasteiger partial charge in [0, 0.05) is 31.4 Å². The molecule has 1 heterocycles. The highest BCUT2D eigenvalue weighted by Crippen LogP contribution is 2.43. The fraction of sp³-hybridized carbons (Fsp3) is 0.217. The van der Waals surface area contributed by atoms with Crippen LogP contribution in [0.5, 0.6) is 34.8 Å². The lowest BCUT2D eigenvalue weighted by Crippen LogP contribution is -2.13. The Labute approximate surface area is 190 Å². The molecule has 33 heavy (non-hydrogen) atoms. The predicted octanol–water partition coefficient (Wildman–Crippen LogP) is 4.62. The summed E-state index contributed by atoms with van der Waals surface area (Å²) in [6, 6.07) is 9.87. The predicted molar refractivity (Wildman–Crippen MR) is 120 cm³/mol. The van der Waals surface area contributed by atoms with Gasteiger partial charge in [-0.25, -0.2) is 8.78 Å². The molecule has 174 valence electrons. The molecule has 0 atom stereocenters. The van der Waals surface area contributed by atoms with E-state index in [-0.39, 0.29) is 34.2 Å². The zero-order valence-electron chi connectivity index (χ0n) is 18.8. The zero-order chi connectivity index (χ0) is 24.3. The number of methoxy groups -OCH3 is 2. The van der Waals surface area contributed by atoms with E-state index in [9.17, 15) is 8.78 Å². The van der Waals surface area contributed by atoms with Crippen LogP contribution >= 0.6 is 0 Å². The first kappa shape index (κ1) is 23.6. The molecule has 0 bridgehead atoms. The Morgan fingerprint density at radius 1 is 0.970 bits per heavy atom. The number of ether oxygens (including phenoxy) is 4. The number of nitrogen functional groups attached to an aromatic ring is 1. The number of nitrogens with zero attached hydrogens (tertiary/aromatic N) is 2. The molecule has 0 aliphatic rings. The molecular weight excluding hydrogens is 434 g/mol. The van der Waals surface area contributed by atoms with E-state index in [2.05, 4.69) is 4.98 Å². The number of amidine groups is 1. The number of rotatable bonds is 8. The van der Waals surface area contributed by atoms with Gasteiger partial charge >= 0.3 is 0 Å². The Morgan fingerprint density at radius 2 is 1.64 bits per heavy atom. The van der Waals surface area contributed by atoms with E-state index in [1.807, 2.05) is 25.1 Å². The molecule has 0 radical (unpaired) electrons. The van der Waals surface area contributed by atoms with E-state index in [0.717, 1.165) is 5.69 Å². The molecule has 0 saturated carbocycles. The summed E-state index contributed by atoms with van der Waals surface area (Å²) < 4.78 is 51.6. The van der Waals surface area contributed by atoms with Gasteiger partial charge < -0.3 is 29.6 Å². The topological polar surface area (TPSA) is 103 Å². The summed E-state index contributed by atoms with van der Waals surface area (Å²) in [5.41, 5.74) is 6.27. The zero-order valence-corrected chi connectivity index (χ0v) is 18.8. The largest absolute Gasteiger partial charge is 0.493 e. The Balaban J connectivity index is 2.09. The van der Waals surface area contributed by atoms with Crippen molar-refractivity contribution < 1.29 is 27.7 Å². The molecule has 0 spiro atoms. The summed E-state index contributed by atoms with van der Waals surface area (Å²) in [4.78, 5) is 5.77. The first-order valence-corrected chi connectivity index (χ1v) is 9.76. The lowest BCUT2D eigenvalue weighted by molar-refractivity contribution is 0.325. The molecule has 3 rings (SSSR count). The van der Waals surface area contributed by atoms with Gasteiger partial charge in [-0.05, 0) is 31.2 Å².